The maximum atomic E-state index is 12.4. The first kappa shape index (κ1) is 23.0. The number of para-hydroxylation sites is 1. The van der Waals surface area contributed by atoms with Crippen LogP contribution >= 0.6 is 0 Å². The van der Waals surface area contributed by atoms with Crippen molar-refractivity contribution >= 4 is 23.6 Å². The minimum atomic E-state index is -0.812. The molecule has 0 radical (unpaired) electrons. The van der Waals surface area contributed by atoms with Crippen LogP contribution in [0.25, 0.3) is 6.08 Å². The fraction of sp³-hybridized carbons (Fsp3) is 0.375. The van der Waals surface area contributed by atoms with Gasteiger partial charge in [0.1, 0.15) is 11.6 Å². The molecule has 0 aliphatic rings. The van der Waals surface area contributed by atoms with Gasteiger partial charge in [0.05, 0.1) is 0 Å². The van der Waals surface area contributed by atoms with E-state index in [1.54, 1.807) is 0 Å². The molecule has 1 amide bonds. The number of carbonyl (C=O) groups excluding carboxylic acids is 2. The van der Waals surface area contributed by atoms with E-state index in [9.17, 15) is 14.9 Å². The van der Waals surface area contributed by atoms with Crippen LogP contribution in [0.15, 0.2) is 29.8 Å². The Kier molecular flexibility index (Phi) is 7.99. The summed E-state index contributed by atoms with van der Waals surface area (Å²) in [5, 5.41) is 12.2. The van der Waals surface area contributed by atoms with Crippen molar-refractivity contribution in [1.82, 2.24) is 4.57 Å². The molecule has 2 aromatic rings. The van der Waals surface area contributed by atoms with E-state index in [1.165, 1.54) is 6.08 Å². The minimum absolute atomic E-state index is 0.135. The molecule has 30 heavy (non-hydrogen) atoms. The van der Waals surface area contributed by atoms with Gasteiger partial charge in [0.2, 0.25) is 0 Å². The number of amides is 1. The Morgan fingerprint density at radius 3 is 2.60 bits per heavy atom. The molecular weight excluding hydrogens is 378 g/mol. The lowest BCUT2D eigenvalue weighted by Gasteiger charge is -2.13. The van der Waals surface area contributed by atoms with Gasteiger partial charge in [-0.2, -0.15) is 5.26 Å². The Hall–Kier alpha value is -3.33. The van der Waals surface area contributed by atoms with E-state index >= 15 is 0 Å². The standard InChI is InChI=1S/C24H29N3O3/c1-6-11-27-17(4)12-20(18(27)5)13-21(14-25)24(29)30-15-22(28)26-23-16(3)9-8-10-19(23)7-2/h8-10,12-13H,6-7,11,15H2,1-5H3,(H,26,28)/b21-13+. The van der Waals surface area contributed by atoms with E-state index in [0.29, 0.717) is 0 Å². The summed E-state index contributed by atoms with van der Waals surface area (Å²) in [4.78, 5) is 24.6. The van der Waals surface area contributed by atoms with Gasteiger partial charge in [-0.1, -0.05) is 32.0 Å². The maximum absolute atomic E-state index is 12.4. The summed E-state index contributed by atoms with van der Waals surface area (Å²) in [5.41, 5.74) is 5.40. The molecule has 6 heteroatoms. The molecule has 0 saturated heterocycles. The van der Waals surface area contributed by atoms with Crippen molar-refractivity contribution < 1.29 is 14.3 Å². The smallest absolute Gasteiger partial charge is 0.349 e. The Balaban J connectivity index is 2.08. The molecule has 2 rings (SSSR count). The highest BCUT2D eigenvalue weighted by Gasteiger charge is 2.16. The van der Waals surface area contributed by atoms with Crippen LogP contribution in [-0.4, -0.2) is 23.1 Å². The lowest BCUT2D eigenvalue weighted by molar-refractivity contribution is -0.142. The number of anilines is 1. The Morgan fingerprint density at radius 2 is 1.97 bits per heavy atom. The second kappa shape index (κ2) is 10.4. The molecule has 0 atom stereocenters. The van der Waals surface area contributed by atoms with Gasteiger partial charge in [0.15, 0.2) is 6.61 Å². The largest absolute Gasteiger partial charge is 0.451 e. The first-order chi connectivity index (χ1) is 14.3. The number of rotatable bonds is 8. The second-order valence-electron chi connectivity index (χ2n) is 7.23. The highest BCUT2D eigenvalue weighted by molar-refractivity contribution is 6.00. The molecule has 158 valence electrons. The molecule has 1 heterocycles. The Morgan fingerprint density at radius 1 is 1.23 bits per heavy atom. The van der Waals surface area contributed by atoms with Gasteiger partial charge in [-0.15, -0.1) is 0 Å². The van der Waals surface area contributed by atoms with Crippen LogP contribution in [0.4, 0.5) is 5.69 Å². The minimum Gasteiger partial charge on any atom is -0.451 e. The summed E-state index contributed by atoms with van der Waals surface area (Å²) in [7, 11) is 0. The van der Waals surface area contributed by atoms with E-state index < -0.39 is 18.5 Å². The first-order valence-corrected chi connectivity index (χ1v) is 10.2. The van der Waals surface area contributed by atoms with Crippen LogP contribution in [0, 0.1) is 32.1 Å². The van der Waals surface area contributed by atoms with Crippen LogP contribution < -0.4 is 5.32 Å². The molecule has 0 unspecified atom stereocenters. The average molecular weight is 408 g/mol. The monoisotopic (exact) mass is 407 g/mol. The van der Waals surface area contributed by atoms with Gasteiger partial charge in [0.25, 0.3) is 5.91 Å². The summed E-state index contributed by atoms with van der Waals surface area (Å²) in [6.45, 7) is 10.4. The lowest BCUT2D eigenvalue weighted by Crippen LogP contribution is -2.22. The van der Waals surface area contributed by atoms with Crippen molar-refractivity contribution in [3.05, 3.63) is 57.9 Å². The number of nitriles is 1. The van der Waals surface area contributed by atoms with Crippen molar-refractivity contribution in [3.63, 3.8) is 0 Å². The Labute approximate surface area is 178 Å². The van der Waals surface area contributed by atoms with E-state index in [1.807, 2.05) is 58.0 Å². The molecule has 1 aromatic heterocycles. The van der Waals surface area contributed by atoms with Gasteiger partial charge < -0.3 is 14.6 Å². The van der Waals surface area contributed by atoms with Crippen molar-refractivity contribution in [2.24, 2.45) is 0 Å². The maximum Gasteiger partial charge on any atom is 0.349 e. The molecule has 0 aliphatic heterocycles. The van der Waals surface area contributed by atoms with Gasteiger partial charge in [-0.3, -0.25) is 4.79 Å². The first-order valence-electron chi connectivity index (χ1n) is 10.2. The number of esters is 1. The third-order valence-corrected chi connectivity index (χ3v) is 5.04. The van der Waals surface area contributed by atoms with Crippen molar-refractivity contribution in [1.29, 1.82) is 5.26 Å². The van der Waals surface area contributed by atoms with Gasteiger partial charge in [0, 0.05) is 23.6 Å². The van der Waals surface area contributed by atoms with E-state index in [-0.39, 0.29) is 5.57 Å². The number of benzene rings is 1. The quantitative estimate of drug-likeness (QED) is 0.397. The highest BCUT2D eigenvalue weighted by Crippen LogP contribution is 2.21. The van der Waals surface area contributed by atoms with Crippen molar-refractivity contribution in [3.8, 4) is 6.07 Å². The van der Waals surface area contributed by atoms with E-state index in [2.05, 4.69) is 16.8 Å². The summed E-state index contributed by atoms with van der Waals surface area (Å²) in [6, 6.07) is 9.61. The number of carbonyl (C=O) groups is 2. The van der Waals surface area contributed by atoms with Gasteiger partial charge in [-0.05, 0) is 62.4 Å². The van der Waals surface area contributed by atoms with Gasteiger partial charge >= 0.3 is 5.97 Å². The summed E-state index contributed by atoms with van der Waals surface area (Å²) in [6.07, 6.45) is 3.28. The van der Waals surface area contributed by atoms with Crippen molar-refractivity contribution in [2.45, 2.75) is 54.0 Å². The predicted molar refractivity (Wildman–Crippen MR) is 118 cm³/mol. The lowest BCUT2D eigenvalue weighted by atomic mass is 10.1. The number of aryl methyl sites for hydroxylation is 3. The Bertz CT molecular complexity index is 1010. The average Bonchev–Trinajstić information content (AvgIpc) is 2.99. The summed E-state index contributed by atoms with van der Waals surface area (Å²) >= 11 is 0. The topological polar surface area (TPSA) is 84.1 Å². The predicted octanol–water partition coefficient (Wildman–Crippen LogP) is 4.47. The molecular formula is C24H29N3O3. The second-order valence-corrected chi connectivity index (χ2v) is 7.23. The zero-order chi connectivity index (χ0) is 22.3. The number of nitrogens with one attached hydrogen (secondary N) is 1. The molecule has 0 fully saturated rings. The van der Waals surface area contributed by atoms with E-state index in [4.69, 9.17) is 4.74 Å². The van der Waals surface area contributed by atoms with Crippen LogP contribution in [0.1, 0.15) is 48.3 Å². The highest BCUT2D eigenvalue weighted by atomic mass is 16.5. The third-order valence-electron chi connectivity index (χ3n) is 5.04. The number of hydrogen-bond acceptors (Lipinski definition) is 4. The number of aromatic nitrogens is 1. The molecule has 1 aromatic carbocycles. The SMILES string of the molecule is CCCn1c(C)cc(/C=C(\C#N)C(=O)OCC(=O)Nc2c(C)cccc2CC)c1C. The molecule has 0 aliphatic carbocycles. The number of hydrogen-bond donors (Lipinski definition) is 1. The number of ether oxygens (including phenoxy) is 1. The summed E-state index contributed by atoms with van der Waals surface area (Å²) in [5.74, 6) is -1.25. The van der Waals surface area contributed by atoms with Crippen molar-refractivity contribution in [2.75, 3.05) is 11.9 Å². The number of nitrogens with zero attached hydrogens (tertiary/aromatic N) is 2. The van der Waals surface area contributed by atoms with Crippen LogP contribution in [-0.2, 0) is 27.3 Å². The fourth-order valence-corrected chi connectivity index (χ4v) is 3.42. The fourth-order valence-electron chi connectivity index (χ4n) is 3.42. The normalized spacial score (nSPS) is 11.1. The van der Waals surface area contributed by atoms with Crippen LogP contribution in [0.3, 0.4) is 0 Å². The third kappa shape index (κ3) is 5.38. The zero-order valence-corrected chi connectivity index (χ0v) is 18.3. The van der Waals surface area contributed by atoms with Crippen LogP contribution in [0.2, 0.25) is 0 Å². The molecule has 0 spiro atoms. The zero-order valence-electron chi connectivity index (χ0n) is 18.3. The summed E-state index contributed by atoms with van der Waals surface area (Å²) < 4.78 is 7.24. The molecule has 1 N–H and O–H groups in total. The molecule has 0 saturated carbocycles. The molecule has 6 nitrogen and oxygen atoms in total. The van der Waals surface area contributed by atoms with E-state index in [0.717, 1.165) is 53.2 Å². The van der Waals surface area contributed by atoms with Gasteiger partial charge in [-0.25, -0.2) is 4.79 Å². The molecule has 0 bridgehead atoms. The van der Waals surface area contributed by atoms with Crippen LogP contribution in [0.5, 0.6) is 0 Å².